The molecule has 2 aromatic rings. The molecule has 0 spiro atoms. The highest BCUT2D eigenvalue weighted by molar-refractivity contribution is 7.92. The standard InChI is InChI=1S/C14H17N3O2S/c1-3-11-5-4-6-12(9-11)17-20(18,19)13-7-8-14(15-2)16-10-13/h4-10,17H,3H2,1-2H3,(H,15,16). The third kappa shape index (κ3) is 3.27. The van der Waals surface area contributed by atoms with Crippen molar-refractivity contribution in [2.45, 2.75) is 18.2 Å². The number of hydrogen-bond donors (Lipinski definition) is 2. The first-order valence-corrected chi connectivity index (χ1v) is 7.79. The summed E-state index contributed by atoms with van der Waals surface area (Å²) in [4.78, 5) is 4.15. The summed E-state index contributed by atoms with van der Waals surface area (Å²) in [6, 6.07) is 10.5. The molecule has 0 aliphatic heterocycles. The molecular formula is C14H17N3O2S. The highest BCUT2D eigenvalue weighted by Gasteiger charge is 2.14. The Bertz CT molecular complexity index is 682. The summed E-state index contributed by atoms with van der Waals surface area (Å²) in [5, 5.41) is 2.84. The van der Waals surface area contributed by atoms with Crippen molar-refractivity contribution in [2.24, 2.45) is 0 Å². The second kappa shape index (κ2) is 5.92. The van der Waals surface area contributed by atoms with Crippen LogP contribution in [0.15, 0.2) is 47.5 Å². The average molecular weight is 291 g/mol. The second-order valence-electron chi connectivity index (χ2n) is 4.29. The fraction of sp³-hybridized carbons (Fsp3) is 0.214. The SMILES string of the molecule is CCc1cccc(NS(=O)(=O)c2ccc(NC)nc2)c1. The van der Waals surface area contributed by atoms with E-state index in [-0.39, 0.29) is 4.90 Å². The van der Waals surface area contributed by atoms with Gasteiger partial charge in [-0.1, -0.05) is 19.1 Å². The number of hydrogen-bond acceptors (Lipinski definition) is 4. The lowest BCUT2D eigenvalue weighted by molar-refractivity contribution is 0.601. The van der Waals surface area contributed by atoms with E-state index in [2.05, 4.69) is 15.0 Å². The summed E-state index contributed by atoms with van der Waals surface area (Å²) in [5.74, 6) is 0.622. The second-order valence-corrected chi connectivity index (χ2v) is 5.97. The van der Waals surface area contributed by atoms with E-state index in [9.17, 15) is 8.42 Å². The highest BCUT2D eigenvalue weighted by Crippen LogP contribution is 2.17. The van der Waals surface area contributed by atoms with E-state index in [4.69, 9.17) is 0 Å². The van der Waals surface area contributed by atoms with Crippen LogP contribution >= 0.6 is 0 Å². The van der Waals surface area contributed by atoms with Crippen molar-refractivity contribution < 1.29 is 8.42 Å². The molecular weight excluding hydrogens is 274 g/mol. The zero-order chi connectivity index (χ0) is 14.6. The van der Waals surface area contributed by atoms with Gasteiger partial charge in [0.05, 0.1) is 0 Å². The number of pyridine rings is 1. The third-order valence-electron chi connectivity index (χ3n) is 2.89. The molecule has 0 bridgehead atoms. The predicted molar refractivity (Wildman–Crippen MR) is 80.4 cm³/mol. The first-order valence-electron chi connectivity index (χ1n) is 6.30. The minimum atomic E-state index is -3.60. The van der Waals surface area contributed by atoms with Crippen LogP contribution in [0.5, 0.6) is 0 Å². The Balaban J connectivity index is 2.25. The maximum absolute atomic E-state index is 12.2. The van der Waals surface area contributed by atoms with E-state index in [1.807, 2.05) is 25.1 Å². The Kier molecular flexibility index (Phi) is 4.24. The van der Waals surface area contributed by atoms with Gasteiger partial charge in [0.15, 0.2) is 0 Å². The van der Waals surface area contributed by atoms with Crippen LogP contribution in [-0.2, 0) is 16.4 Å². The summed E-state index contributed by atoms with van der Waals surface area (Å²) >= 11 is 0. The lowest BCUT2D eigenvalue weighted by Gasteiger charge is -2.09. The molecule has 1 aromatic heterocycles. The molecule has 0 fully saturated rings. The fourth-order valence-corrected chi connectivity index (χ4v) is 2.75. The Hall–Kier alpha value is -2.08. The van der Waals surface area contributed by atoms with Crippen molar-refractivity contribution in [3.05, 3.63) is 48.2 Å². The van der Waals surface area contributed by atoms with E-state index in [0.29, 0.717) is 11.5 Å². The van der Waals surface area contributed by atoms with Gasteiger partial charge in [-0.2, -0.15) is 0 Å². The van der Waals surface area contributed by atoms with Gasteiger partial charge in [-0.15, -0.1) is 0 Å². The molecule has 0 aliphatic rings. The van der Waals surface area contributed by atoms with Gasteiger partial charge in [-0.3, -0.25) is 4.72 Å². The van der Waals surface area contributed by atoms with Crippen LogP contribution in [0.25, 0.3) is 0 Å². The Morgan fingerprint density at radius 3 is 2.60 bits per heavy atom. The number of sulfonamides is 1. The first kappa shape index (κ1) is 14.3. The smallest absolute Gasteiger partial charge is 0.263 e. The third-order valence-corrected chi connectivity index (χ3v) is 4.26. The lowest BCUT2D eigenvalue weighted by Crippen LogP contribution is -2.13. The minimum Gasteiger partial charge on any atom is -0.373 e. The van der Waals surface area contributed by atoms with E-state index >= 15 is 0 Å². The van der Waals surface area contributed by atoms with Crippen LogP contribution in [0, 0.1) is 0 Å². The average Bonchev–Trinajstić information content (AvgIpc) is 2.47. The molecule has 0 amide bonds. The quantitative estimate of drug-likeness (QED) is 0.888. The maximum Gasteiger partial charge on any atom is 0.263 e. The van der Waals surface area contributed by atoms with Crippen LogP contribution in [-0.4, -0.2) is 20.4 Å². The number of benzene rings is 1. The summed E-state index contributed by atoms with van der Waals surface area (Å²) in [6.07, 6.45) is 2.19. The van der Waals surface area contributed by atoms with Crippen molar-refractivity contribution in [3.63, 3.8) is 0 Å². The number of rotatable bonds is 5. The topological polar surface area (TPSA) is 71.1 Å². The van der Waals surface area contributed by atoms with Gasteiger partial charge in [0.25, 0.3) is 10.0 Å². The van der Waals surface area contributed by atoms with Gasteiger partial charge in [-0.25, -0.2) is 13.4 Å². The molecule has 2 N–H and O–H groups in total. The molecule has 0 saturated heterocycles. The Morgan fingerprint density at radius 2 is 2.00 bits per heavy atom. The van der Waals surface area contributed by atoms with Crippen LogP contribution < -0.4 is 10.0 Å². The molecule has 5 nitrogen and oxygen atoms in total. The number of aryl methyl sites for hydroxylation is 1. The minimum absolute atomic E-state index is 0.137. The fourth-order valence-electron chi connectivity index (χ4n) is 1.76. The van der Waals surface area contributed by atoms with E-state index in [1.54, 1.807) is 19.2 Å². The zero-order valence-electron chi connectivity index (χ0n) is 11.4. The van der Waals surface area contributed by atoms with Crippen LogP contribution in [0.4, 0.5) is 11.5 Å². The van der Waals surface area contributed by atoms with Crippen LogP contribution in [0.3, 0.4) is 0 Å². The first-order chi connectivity index (χ1) is 9.55. The van der Waals surface area contributed by atoms with Crippen molar-refractivity contribution in [3.8, 4) is 0 Å². The molecule has 106 valence electrons. The van der Waals surface area contributed by atoms with Gasteiger partial charge < -0.3 is 5.32 Å². The molecule has 0 atom stereocenters. The molecule has 2 rings (SSSR count). The lowest BCUT2D eigenvalue weighted by atomic mass is 10.1. The molecule has 0 radical (unpaired) electrons. The molecule has 0 aliphatic carbocycles. The van der Waals surface area contributed by atoms with Gasteiger partial charge >= 0.3 is 0 Å². The highest BCUT2D eigenvalue weighted by atomic mass is 32.2. The predicted octanol–water partition coefficient (Wildman–Crippen LogP) is 2.49. The van der Waals surface area contributed by atoms with Crippen molar-refractivity contribution in [1.82, 2.24) is 4.98 Å². The van der Waals surface area contributed by atoms with Crippen LogP contribution in [0.2, 0.25) is 0 Å². The molecule has 0 saturated carbocycles. The van der Waals surface area contributed by atoms with Crippen molar-refractivity contribution >= 4 is 21.5 Å². The number of anilines is 2. The normalized spacial score (nSPS) is 11.1. The molecule has 0 unspecified atom stereocenters. The van der Waals surface area contributed by atoms with Gasteiger partial charge in [-0.05, 0) is 36.2 Å². The van der Waals surface area contributed by atoms with Gasteiger partial charge in [0.1, 0.15) is 10.7 Å². The molecule has 6 heteroatoms. The van der Waals surface area contributed by atoms with Gasteiger partial charge in [0, 0.05) is 18.9 Å². The zero-order valence-corrected chi connectivity index (χ0v) is 12.2. The Labute approximate surface area is 119 Å². The number of nitrogens with one attached hydrogen (secondary N) is 2. The summed E-state index contributed by atoms with van der Waals surface area (Å²) in [6.45, 7) is 2.02. The van der Waals surface area contributed by atoms with Crippen LogP contribution in [0.1, 0.15) is 12.5 Å². The number of aromatic nitrogens is 1. The van der Waals surface area contributed by atoms with E-state index < -0.39 is 10.0 Å². The van der Waals surface area contributed by atoms with Crippen molar-refractivity contribution in [2.75, 3.05) is 17.1 Å². The molecule has 1 heterocycles. The Morgan fingerprint density at radius 1 is 1.20 bits per heavy atom. The monoisotopic (exact) mass is 291 g/mol. The number of nitrogens with zero attached hydrogens (tertiary/aromatic N) is 1. The summed E-state index contributed by atoms with van der Waals surface area (Å²) < 4.78 is 27.0. The maximum atomic E-state index is 12.2. The van der Waals surface area contributed by atoms with Gasteiger partial charge in [0.2, 0.25) is 0 Å². The summed E-state index contributed by atoms with van der Waals surface area (Å²) in [5.41, 5.74) is 1.64. The molecule has 1 aromatic carbocycles. The summed E-state index contributed by atoms with van der Waals surface area (Å²) in [7, 11) is -1.88. The molecule has 20 heavy (non-hydrogen) atoms. The largest absolute Gasteiger partial charge is 0.373 e. The van der Waals surface area contributed by atoms with Crippen molar-refractivity contribution in [1.29, 1.82) is 0 Å². The van der Waals surface area contributed by atoms with E-state index in [1.165, 1.54) is 12.3 Å². The van der Waals surface area contributed by atoms with E-state index in [0.717, 1.165) is 12.0 Å².